The largest absolute Gasteiger partial charge is 0.367 e. The van der Waals surface area contributed by atoms with Crippen LogP contribution in [0.2, 0.25) is 0 Å². The maximum atomic E-state index is 3.55. The van der Waals surface area contributed by atoms with Crippen LogP contribution >= 0.6 is 0 Å². The van der Waals surface area contributed by atoms with Crippen LogP contribution < -0.4 is 10.2 Å². The second-order valence-electron chi connectivity index (χ2n) is 4.88. The number of nitrogens with zero attached hydrogens (tertiary/aromatic N) is 1. The summed E-state index contributed by atoms with van der Waals surface area (Å²) in [4.78, 5) is 2.62. The van der Waals surface area contributed by atoms with Gasteiger partial charge < -0.3 is 10.2 Å². The van der Waals surface area contributed by atoms with Crippen molar-refractivity contribution in [2.75, 3.05) is 24.5 Å². The Kier molecular flexibility index (Phi) is 2.60. The van der Waals surface area contributed by atoms with Crippen molar-refractivity contribution in [1.29, 1.82) is 0 Å². The molecule has 1 aromatic rings. The van der Waals surface area contributed by atoms with Crippen LogP contribution in [0.5, 0.6) is 0 Å². The summed E-state index contributed by atoms with van der Waals surface area (Å²) in [6.07, 6.45) is 3.68. The molecule has 2 aliphatic rings. The molecule has 0 spiro atoms. The first-order valence-electron chi connectivity index (χ1n) is 6.48. The van der Waals surface area contributed by atoms with Crippen molar-refractivity contribution in [3.63, 3.8) is 0 Å². The molecule has 2 heterocycles. The molecule has 1 saturated heterocycles. The molecular formula is C14H20N2. The van der Waals surface area contributed by atoms with Crippen molar-refractivity contribution in [3.8, 4) is 0 Å². The Bertz CT molecular complexity index is 386. The van der Waals surface area contributed by atoms with Crippen LogP contribution in [-0.4, -0.2) is 25.7 Å². The van der Waals surface area contributed by atoms with Crippen molar-refractivity contribution >= 4 is 5.69 Å². The van der Waals surface area contributed by atoms with Gasteiger partial charge in [0.05, 0.1) is 0 Å². The fourth-order valence-electron chi connectivity index (χ4n) is 3.13. The molecule has 1 aromatic carbocycles. The highest BCUT2D eigenvalue weighted by molar-refractivity contribution is 5.62. The maximum Gasteiger partial charge on any atom is 0.0455 e. The number of rotatable bonds is 1. The van der Waals surface area contributed by atoms with Crippen LogP contribution in [0.15, 0.2) is 18.2 Å². The van der Waals surface area contributed by atoms with E-state index in [1.54, 1.807) is 11.1 Å². The van der Waals surface area contributed by atoms with E-state index in [-0.39, 0.29) is 0 Å². The van der Waals surface area contributed by atoms with Crippen LogP contribution in [0.4, 0.5) is 5.69 Å². The smallest absolute Gasteiger partial charge is 0.0455 e. The standard InChI is InChI=1S/C14H20N2/c1-2-11-5-3-6-14-13(11)9-12-10-15-7-4-8-16(12)14/h3,5-6,12,15H,2,4,7-10H2,1H3. The highest BCUT2D eigenvalue weighted by Gasteiger charge is 2.30. The van der Waals surface area contributed by atoms with Crippen LogP contribution in [0.1, 0.15) is 24.5 Å². The van der Waals surface area contributed by atoms with Gasteiger partial charge >= 0.3 is 0 Å². The first-order valence-corrected chi connectivity index (χ1v) is 6.48. The van der Waals surface area contributed by atoms with Crippen molar-refractivity contribution in [2.45, 2.75) is 32.2 Å². The summed E-state index contributed by atoms with van der Waals surface area (Å²) >= 11 is 0. The molecule has 16 heavy (non-hydrogen) atoms. The Morgan fingerprint density at radius 3 is 3.25 bits per heavy atom. The number of benzene rings is 1. The monoisotopic (exact) mass is 216 g/mol. The molecular weight excluding hydrogens is 196 g/mol. The van der Waals surface area contributed by atoms with Crippen LogP contribution in [0.25, 0.3) is 0 Å². The van der Waals surface area contributed by atoms with Gasteiger partial charge in [-0.2, -0.15) is 0 Å². The lowest BCUT2D eigenvalue weighted by molar-refractivity contribution is 0.612. The summed E-state index contributed by atoms with van der Waals surface area (Å²) in [6, 6.07) is 7.52. The van der Waals surface area contributed by atoms with E-state index in [2.05, 4.69) is 35.3 Å². The third-order valence-corrected chi connectivity index (χ3v) is 3.95. The molecule has 1 N–H and O–H groups in total. The molecule has 86 valence electrons. The minimum atomic E-state index is 0.699. The van der Waals surface area contributed by atoms with E-state index in [1.165, 1.54) is 31.6 Å². The minimum absolute atomic E-state index is 0.699. The van der Waals surface area contributed by atoms with Crippen LogP contribution in [0, 0.1) is 0 Å². The number of fused-ring (bicyclic) bond motifs is 3. The number of hydrogen-bond acceptors (Lipinski definition) is 2. The molecule has 0 bridgehead atoms. The molecule has 0 amide bonds. The average molecular weight is 216 g/mol. The van der Waals surface area contributed by atoms with Crippen molar-refractivity contribution in [2.24, 2.45) is 0 Å². The quantitative estimate of drug-likeness (QED) is 0.772. The van der Waals surface area contributed by atoms with Crippen molar-refractivity contribution in [1.82, 2.24) is 5.32 Å². The van der Waals surface area contributed by atoms with E-state index in [0.29, 0.717) is 6.04 Å². The zero-order chi connectivity index (χ0) is 11.0. The van der Waals surface area contributed by atoms with Gasteiger partial charge in [0.1, 0.15) is 0 Å². The number of hydrogen-bond donors (Lipinski definition) is 1. The molecule has 1 fully saturated rings. The Balaban J connectivity index is 1.99. The van der Waals surface area contributed by atoms with E-state index < -0.39 is 0 Å². The van der Waals surface area contributed by atoms with E-state index in [9.17, 15) is 0 Å². The van der Waals surface area contributed by atoms with Gasteiger partial charge in [-0.05, 0) is 43.0 Å². The van der Waals surface area contributed by atoms with Crippen molar-refractivity contribution in [3.05, 3.63) is 29.3 Å². The van der Waals surface area contributed by atoms with Gasteiger partial charge in [0.2, 0.25) is 0 Å². The minimum Gasteiger partial charge on any atom is -0.367 e. The molecule has 0 aliphatic carbocycles. The lowest BCUT2D eigenvalue weighted by Gasteiger charge is -2.24. The molecule has 1 atom stereocenters. The van der Waals surface area contributed by atoms with Crippen LogP contribution in [-0.2, 0) is 12.8 Å². The van der Waals surface area contributed by atoms with Gasteiger partial charge in [0.15, 0.2) is 0 Å². The van der Waals surface area contributed by atoms with Gasteiger partial charge in [0, 0.05) is 24.8 Å². The second kappa shape index (κ2) is 4.10. The van der Waals surface area contributed by atoms with Gasteiger partial charge in [-0.15, -0.1) is 0 Å². The molecule has 0 radical (unpaired) electrons. The summed E-state index contributed by atoms with van der Waals surface area (Å²) in [6.45, 7) is 5.81. The third-order valence-electron chi connectivity index (χ3n) is 3.95. The Morgan fingerprint density at radius 2 is 2.38 bits per heavy atom. The average Bonchev–Trinajstić information content (AvgIpc) is 2.52. The number of nitrogens with one attached hydrogen (secondary N) is 1. The molecule has 0 aromatic heterocycles. The summed E-state index contributed by atoms with van der Waals surface area (Å²) in [5, 5.41) is 3.55. The molecule has 1 unspecified atom stereocenters. The Labute approximate surface area is 97.6 Å². The first-order chi connectivity index (χ1) is 7.90. The van der Waals surface area contributed by atoms with Gasteiger partial charge in [0.25, 0.3) is 0 Å². The Morgan fingerprint density at radius 1 is 1.44 bits per heavy atom. The van der Waals surface area contributed by atoms with Gasteiger partial charge in [-0.3, -0.25) is 0 Å². The lowest BCUT2D eigenvalue weighted by Crippen LogP contribution is -2.36. The summed E-state index contributed by atoms with van der Waals surface area (Å²) < 4.78 is 0. The number of anilines is 1. The second-order valence-corrected chi connectivity index (χ2v) is 4.88. The third kappa shape index (κ3) is 1.52. The highest BCUT2D eigenvalue weighted by atomic mass is 15.2. The molecule has 2 heteroatoms. The normalized spacial score (nSPS) is 23.8. The molecule has 3 rings (SSSR count). The zero-order valence-electron chi connectivity index (χ0n) is 10.00. The zero-order valence-corrected chi connectivity index (χ0v) is 10.00. The topological polar surface area (TPSA) is 15.3 Å². The SMILES string of the molecule is CCc1cccc2c1CC1CNCCCN21. The van der Waals surface area contributed by atoms with E-state index in [1.807, 2.05) is 0 Å². The van der Waals surface area contributed by atoms with Crippen molar-refractivity contribution < 1.29 is 0 Å². The maximum absolute atomic E-state index is 3.55. The lowest BCUT2D eigenvalue weighted by atomic mass is 10.0. The fraction of sp³-hybridized carbons (Fsp3) is 0.571. The summed E-state index contributed by atoms with van der Waals surface area (Å²) in [7, 11) is 0. The highest BCUT2D eigenvalue weighted by Crippen LogP contribution is 2.35. The first kappa shape index (κ1) is 10.2. The molecule has 0 saturated carbocycles. The van der Waals surface area contributed by atoms with E-state index in [0.717, 1.165) is 13.0 Å². The van der Waals surface area contributed by atoms with Crippen LogP contribution in [0.3, 0.4) is 0 Å². The summed E-state index contributed by atoms with van der Waals surface area (Å²) in [5.74, 6) is 0. The predicted octanol–water partition coefficient (Wildman–Crippen LogP) is 1.97. The Hall–Kier alpha value is -1.02. The summed E-state index contributed by atoms with van der Waals surface area (Å²) in [5.41, 5.74) is 4.66. The van der Waals surface area contributed by atoms with Gasteiger partial charge in [-0.25, -0.2) is 0 Å². The van der Waals surface area contributed by atoms with E-state index >= 15 is 0 Å². The molecule has 2 aliphatic heterocycles. The predicted molar refractivity (Wildman–Crippen MR) is 68.1 cm³/mol. The number of aryl methyl sites for hydroxylation is 1. The fourth-order valence-corrected chi connectivity index (χ4v) is 3.13. The van der Waals surface area contributed by atoms with E-state index in [4.69, 9.17) is 0 Å². The van der Waals surface area contributed by atoms with Gasteiger partial charge in [-0.1, -0.05) is 19.1 Å². The molecule has 2 nitrogen and oxygen atoms in total.